The van der Waals surface area contributed by atoms with Crippen LogP contribution in [0.2, 0.25) is 51.4 Å². The van der Waals surface area contributed by atoms with Crippen molar-refractivity contribution in [3.63, 3.8) is 0 Å². The number of urea groups is 1. The van der Waals surface area contributed by atoms with E-state index in [1.54, 1.807) is 14.2 Å². The summed E-state index contributed by atoms with van der Waals surface area (Å²) in [6.07, 6.45) is -0.104. The molecule has 1 aliphatic rings. The molecule has 5 rings (SSSR count). The average molecular weight is 827 g/mol. The molecule has 1 heterocycles. The van der Waals surface area contributed by atoms with E-state index in [4.69, 9.17) is 28.4 Å². The number of ether oxygens (including phenoxy) is 6. The van der Waals surface area contributed by atoms with Gasteiger partial charge in [0.2, 0.25) is 0 Å². The van der Waals surface area contributed by atoms with Crippen LogP contribution in [0.25, 0.3) is 0 Å². The van der Waals surface area contributed by atoms with Gasteiger partial charge in [0.1, 0.15) is 37.3 Å². The smallest absolute Gasteiger partial charge is 0.321 e. The van der Waals surface area contributed by atoms with Crippen molar-refractivity contribution in [2.24, 2.45) is 0 Å². The fourth-order valence-electron chi connectivity index (χ4n) is 7.25. The van der Waals surface area contributed by atoms with Gasteiger partial charge in [0, 0.05) is 42.5 Å². The van der Waals surface area contributed by atoms with Crippen LogP contribution in [0.4, 0.5) is 4.79 Å². The molecule has 0 spiro atoms. The lowest BCUT2D eigenvalue weighted by molar-refractivity contribution is -0.188. The summed E-state index contributed by atoms with van der Waals surface area (Å²) in [6, 6.07) is 37.6. The number of methoxy groups -OCH3 is 2. The number of hydrogen-bond acceptors (Lipinski definition) is 7. The van der Waals surface area contributed by atoms with Gasteiger partial charge in [0.05, 0.1) is 26.3 Å². The van der Waals surface area contributed by atoms with Crippen LogP contribution in [0.5, 0.6) is 11.5 Å². The average Bonchev–Trinajstić information content (AvgIpc) is 3.27. The number of nitrogens with zero attached hydrogens (tertiary/aromatic N) is 2. The van der Waals surface area contributed by atoms with Crippen LogP contribution in [0, 0.1) is 0 Å². The molecule has 4 aromatic carbocycles. The highest BCUT2D eigenvalue weighted by atomic mass is 28.3. The fraction of sp³-hybridized carbons (Fsp3) is 0.468. The molecule has 4 aromatic rings. The third kappa shape index (κ3) is 14.1. The number of rotatable bonds is 22. The maximum atomic E-state index is 15.8. The largest absolute Gasteiger partial charge is 0.497 e. The molecule has 2 amide bonds. The molecule has 0 unspecified atom stereocenters. The Balaban J connectivity index is 1.67. The Morgan fingerprint density at radius 1 is 0.517 bits per heavy atom. The van der Waals surface area contributed by atoms with Gasteiger partial charge in [0.15, 0.2) is 0 Å². The standard InChI is InChI=1S/C47H66N2O7Si2/c1-51-41-23-15-21-39(29-41)33-48-43(31-37-17-11-9-12-18-37)45(55-35-53-25-27-57(3,4)5)46(56-36-54-26-28-58(6,7)8)44(32-38-19-13-10-14-20-38)49(47(48)50)34-40-22-16-24-42(30-40)52-2/h9-24,29-30,43-46H,25-28,31-36H2,1-8H3/t43-,44-,45+,46+/m1/s1. The first-order valence-corrected chi connectivity index (χ1v) is 28.0. The lowest BCUT2D eigenvalue weighted by atomic mass is 9.90. The Kier molecular flexibility index (Phi) is 17.0. The molecular weight excluding hydrogens is 761 g/mol. The van der Waals surface area contributed by atoms with E-state index >= 15 is 4.79 Å². The third-order valence-electron chi connectivity index (χ3n) is 10.6. The van der Waals surface area contributed by atoms with E-state index < -0.39 is 40.4 Å². The maximum Gasteiger partial charge on any atom is 0.321 e. The Labute approximate surface area is 349 Å². The first-order valence-electron chi connectivity index (χ1n) is 20.6. The number of hydrogen-bond donors (Lipinski definition) is 0. The van der Waals surface area contributed by atoms with Gasteiger partial charge in [-0.3, -0.25) is 0 Å². The van der Waals surface area contributed by atoms with Gasteiger partial charge in [-0.25, -0.2) is 4.79 Å². The first kappa shape index (κ1) is 45.1. The monoisotopic (exact) mass is 826 g/mol. The van der Waals surface area contributed by atoms with Gasteiger partial charge in [-0.15, -0.1) is 0 Å². The minimum atomic E-state index is -1.35. The summed E-state index contributed by atoms with van der Waals surface area (Å²) in [5, 5.41) is 0. The van der Waals surface area contributed by atoms with Gasteiger partial charge >= 0.3 is 6.03 Å². The summed E-state index contributed by atoms with van der Waals surface area (Å²) in [5.41, 5.74) is 4.09. The summed E-state index contributed by atoms with van der Waals surface area (Å²) in [7, 11) is 0.633. The topological polar surface area (TPSA) is 78.9 Å². The summed E-state index contributed by atoms with van der Waals surface area (Å²) < 4.78 is 37.9. The van der Waals surface area contributed by atoms with Crippen LogP contribution in [-0.4, -0.2) is 97.3 Å². The van der Waals surface area contributed by atoms with Crippen LogP contribution < -0.4 is 9.47 Å². The van der Waals surface area contributed by atoms with E-state index in [9.17, 15) is 0 Å². The molecule has 4 atom stereocenters. The highest BCUT2D eigenvalue weighted by molar-refractivity contribution is 6.76. The predicted octanol–water partition coefficient (Wildman–Crippen LogP) is 9.76. The van der Waals surface area contributed by atoms with Crippen LogP contribution in [0.1, 0.15) is 22.3 Å². The number of benzene rings is 4. The van der Waals surface area contributed by atoms with Crippen molar-refractivity contribution in [2.75, 3.05) is 41.0 Å². The molecule has 0 aromatic heterocycles. The van der Waals surface area contributed by atoms with Gasteiger partial charge in [-0.1, -0.05) is 124 Å². The van der Waals surface area contributed by atoms with Gasteiger partial charge in [-0.05, 0) is 71.4 Å². The quantitative estimate of drug-likeness (QED) is 0.0444. The second kappa shape index (κ2) is 21.9. The molecule has 1 saturated heterocycles. The molecule has 58 heavy (non-hydrogen) atoms. The zero-order chi connectivity index (χ0) is 41.5. The SMILES string of the molecule is COc1cccc(CN2C(=O)N(Cc3cccc(OC)c3)[C@H](Cc3ccccc3)[C@H](OCOCC[Si](C)(C)C)[C@@H](OCOCC[Si](C)(C)C)[C@H]2Cc2ccccc2)c1. The van der Waals surface area contributed by atoms with E-state index in [1.807, 2.05) is 94.7 Å². The van der Waals surface area contributed by atoms with E-state index in [0.717, 1.165) is 45.8 Å². The van der Waals surface area contributed by atoms with E-state index in [1.165, 1.54) is 0 Å². The van der Waals surface area contributed by atoms with Crippen molar-refractivity contribution in [1.82, 2.24) is 9.80 Å². The Hall–Kier alpha value is -3.98. The summed E-state index contributed by atoms with van der Waals surface area (Å²) in [6.45, 7) is 16.1. The lowest BCUT2D eigenvalue weighted by Gasteiger charge is -2.38. The molecule has 0 aliphatic carbocycles. The van der Waals surface area contributed by atoms with Crippen LogP contribution in [0.3, 0.4) is 0 Å². The molecule has 0 bridgehead atoms. The van der Waals surface area contributed by atoms with Gasteiger partial charge in [0.25, 0.3) is 0 Å². The molecular formula is C47H66N2O7Si2. The fourth-order valence-corrected chi connectivity index (χ4v) is 8.76. The van der Waals surface area contributed by atoms with E-state index in [2.05, 4.69) is 63.5 Å². The third-order valence-corrected chi connectivity index (χ3v) is 14.0. The van der Waals surface area contributed by atoms with Crippen LogP contribution in [-0.2, 0) is 44.9 Å². The molecule has 9 nitrogen and oxygen atoms in total. The Bertz CT molecular complexity index is 1690. The summed E-state index contributed by atoms with van der Waals surface area (Å²) in [4.78, 5) is 19.7. The zero-order valence-corrected chi connectivity index (χ0v) is 38.0. The molecule has 1 fully saturated rings. The van der Waals surface area contributed by atoms with Crippen molar-refractivity contribution >= 4 is 22.2 Å². The molecule has 0 N–H and O–H groups in total. The number of carbonyl (C=O) groups excluding carboxylic acids is 1. The summed E-state index contributed by atoms with van der Waals surface area (Å²) in [5.74, 6) is 1.46. The minimum absolute atomic E-state index is 0.0753. The second-order valence-electron chi connectivity index (χ2n) is 17.7. The highest BCUT2D eigenvalue weighted by Crippen LogP contribution is 2.34. The van der Waals surface area contributed by atoms with Crippen molar-refractivity contribution < 1.29 is 33.2 Å². The minimum Gasteiger partial charge on any atom is -0.497 e. The van der Waals surface area contributed by atoms with Crippen LogP contribution in [0.15, 0.2) is 109 Å². The van der Waals surface area contributed by atoms with Crippen molar-refractivity contribution in [3.8, 4) is 11.5 Å². The molecule has 0 radical (unpaired) electrons. The molecule has 1 aliphatic heterocycles. The van der Waals surface area contributed by atoms with E-state index in [0.29, 0.717) is 39.1 Å². The predicted molar refractivity (Wildman–Crippen MR) is 238 cm³/mol. The van der Waals surface area contributed by atoms with Gasteiger partial charge in [-0.2, -0.15) is 0 Å². The van der Waals surface area contributed by atoms with Crippen molar-refractivity contribution in [2.45, 2.75) is 102 Å². The zero-order valence-electron chi connectivity index (χ0n) is 36.0. The number of carbonyl (C=O) groups is 1. The molecule has 11 heteroatoms. The van der Waals surface area contributed by atoms with Crippen molar-refractivity contribution in [3.05, 3.63) is 131 Å². The van der Waals surface area contributed by atoms with Gasteiger partial charge < -0.3 is 38.2 Å². The molecule has 314 valence electrons. The summed E-state index contributed by atoms with van der Waals surface area (Å²) >= 11 is 0. The highest BCUT2D eigenvalue weighted by Gasteiger charge is 2.49. The normalized spacial score (nSPS) is 18.9. The lowest BCUT2D eigenvalue weighted by Crippen LogP contribution is -2.53. The maximum absolute atomic E-state index is 15.8. The van der Waals surface area contributed by atoms with Crippen molar-refractivity contribution in [1.29, 1.82) is 0 Å². The van der Waals surface area contributed by atoms with Crippen LogP contribution >= 0.6 is 0 Å². The van der Waals surface area contributed by atoms with E-state index in [-0.39, 0.29) is 19.6 Å². The Morgan fingerprint density at radius 3 is 1.26 bits per heavy atom. The Morgan fingerprint density at radius 2 is 0.897 bits per heavy atom. The molecule has 0 saturated carbocycles. The second-order valence-corrected chi connectivity index (χ2v) is 28.9. The first-order chi connectivity index (χ1) is 27.8. The number of amides is 2.